The summed E-state index contributed by atoms with van der Waals surface area (Å²) >= 11 is 0. The number of hydrogen-bond acceptors (Lipinski definition) is 3. The molecular formula is C16H21N3O. The van der Waals surface area contributed by atoms with E-state index in [1.54, 1.807) is 12.3 Å². The first-order chi connectivity index (χ1) is 9.56. The van der Waals surface area contributed by atoms with Crippen LogP contribution in [-0.4, -0.2) is 22.0 Å². The lowest BCUT2D eigenvalue weighted by Crippen LogP contribution is -2.68. The lowest BCUT2D eigenvalue weighted by atomic mass is 9.50. The fourth-order valence-electron chi connectivity index (χ4n) is 5.28. The molecule has 106 valence electrons. The molecule has 4 nitrogen and oxygen atoms in total. The van der Waals surface area contributed by atoms with Crippen molar-refractivity contribution in [1.29, 1.82) is 0 Å². The lowest BCUT2D eigenvalue weighted by molar-refractivity contribution is -0.0321. The summed E-state index contributed by atoms with van der Waals surface area (Å²) < 4.78 is 0. The normalized spacial score (nSPS) is 41.6. The largest absolute Gasteiger partial charge is 0.345 e. The van der Waals surface area contributed by atoms with Crippen LogP contribution in [0.25, 0.3) is 0 Å². The molecule has 2 unspecified atom stereocenters. The predicted molar refractivity (Wildman–Crippen MR) is 76.0 cm³/mol. The monoisotopic (exact) mass is 271 g/mol. The molecule has 2 atom stereocenters. The maximum absolute atomic E-state index is 12.4. The van der Waals surface area contributed by atoms with Crippen LogP contribution < -0.4 is 11.1 Å². The number of aromatic nitrogens is 1. The van der Waals surface area contributed by atoms with Crippen LogP contribution in [0.3, 0.4) is 0 Å². The van der Waals surface area contributed by atoms with Crippen LogP contribution in [0.4, 0.5) is 0 Å². The highest BCUT2D eigenvalue weighted by atomic mass is 16.2. The standard InChI is InChI=1S/C16H21N3O/c17-15-6-11-5-12(7-15)9-16(8-11,10-15)19-14(20)13-3-1-2-4-18-13/h1-4,11-12H,5-10,17H2,(H,19,20)/t11?,12?,15-,16+. The number of rotatable bonds is 2. The summed E-state index contributed by atoms with van der Waals surface area (Å²) in [5.41, 5.74) is 6.95. The van der Waals surface area contributed by atoms with Crippen molar-refractivity contribution in [1.82, 2.24) is 10.3 Å². The van der Waals surface area contributed by atoms with Crippen molar-refractivity contribution in [3.8, 4) is 0 Å². The van der Waals surface area contributed by atoms with Crippen molar-refractivity contribution >= 4 is 5.91 Å². The summed E-state index contributed by atoms with van der Waals surface area (Å²) in [5.74, 6) is 1.35. The van der Waals surface area contributed by atoms with Crippen LogP contribution >= 0.6 is 0 Å². The first-order valence-corrected chi connectivity index (χ1v) is 7.58. The number of nitrogens with one attached hydrogen (secondary N) is 1. The third-order valence-corrected chi connectivity index (χ3v) is 5.38. The Morgan fingerprint density at radius 3 is 2.60 bits per heavy atom. The Morgan fingerprint density at radius 2 is 2.00 bits per heavy atom. The molecule has 4 heteroatoms. The quantitative estimate of drug-likeness (QED) is 0.862. The molecule has 4 aliphatic carbocycles. The van der Waals surface area contributed by atoms with Crippen LogP contribution in [0.5, 0.6) is 0 Å². The lowest BCUT2D eigenvalue weighted by Gasteiger charge is -2.61. The van der Waals surface area contributed by atoms with E-state index in [1.165, 1.54) is 6.42 Å². The van der Waals surface area contributed by atoms with Gasteiger partial charge in [0.15, 0.2) is 0 Å². The van der Waals surface area contributed by atoms with E-state index in [-0.39, 0.29) is 17.0 Å². The van der Waals surface area contributed by atoms with E-state index in [2.05, 4.69) is 10.3 Å². The second-order valence-electron chi connectivity index (χ2n) is 7.27. The number of nitrogens with two attached hydrogens (primary N) is 1. The van der Waals surface area contributed by atoms with Gasteiger partial charge in [-0.2, -0.15) is 0 Å². The SMILES string of the molecule is N[C@]12CC3CC(C1)C[C@@](NC(=O)c1ccccn1)(C3)C2. The molecule has 1 amide bonds. The van der Waals surface area contributed by atoms with Crippen LogP contribution in [0.1, 0.15) is 49.0 Å². The van der Waals surface area contributed by atoms with E-state index >= 15 is 0 Å². The van der Waals surface area contributed by atoms with Crippen molar-refractivity contribution < 1.29 is 4.79 Å². The minimum absolute atomic E-state index is 0.0402. The van der Waals surface area contributed by atoms with Crippen molar-refractivity contribution in [2.75, 3.05) is 0 Å². The number of hydrogen-bond donors (Lipinski definition) is 2. The minimum Gasteiger partial charge on any atom is -0.345 e. The summed E-state index contributed by atoms with van der Waals surface area (Å²) in [4.78, 5) is 16.6. The smallest absolute Gasteiger partial charge is 0.270 e. The van der Waals surface area contributed by atoms with Gasteiger partial charge >= 0.3 is 0 Å². The maximum atomic E-state index is 12.4. The third-order valence-electron chi connectivity index (χ3n) is 5.38. The van der Waals surface area contributed by atoms with Crippen molar-refractivity contribution in [3.05, 3.63) is 30.1 Å². The number of carbonyl (C=O) groups is 1. The van der Waals surface area contributed by atoms with Gasteiger partial charge in [-0.25, -0.2) is 0 Å². The minimum atomic E-state index is -0.0760. The van der Waals surface area contributed by atoms with Crippen LogP contribution in [-0.2, 0) is 0 Å². The second kappa shape index (κ2) is 4.04. The van der Waals surface area contributed by atoms with Gasteiger partial charge in [-0.15, -0.1) is 0 Å². The molecule has 4 aliphatic rings. The van der Waals surface area contributed by atoms with Crippen LogP contribution in [0, 0.1) is 11.8 Å². The summed E-state index contributed by atoms with van der Waals surface area (Å²) in [7, 11) is 0. The van der Waals surface area contributed by atoms with Gasteiger partial charge in [0.25, 0.3) is 5.91 Å². The van der Waals surface area contributed by atoms with E-state index in [1.807, 2.05) is 12.1 Å². The molecule has 0 spiro atoms. The number of amides is 1. The van der Waals surface area contributed by atoms with Gasteiger partial charge in [0.05, 0.1) is 0 Å². The molecule has 4 saturated carbocycles. The first-order valence-electron chi connectivity index (χ1n) is 7.58. The van der Waals surface area contributed by atoms with Crippen molar-refractivity contribution in [2.24, 2.45) is 17.6 Å². The van der Waals surface area contributed by atoms with Gasteiger partial charge in [0, 0.05) is 17.3 Å². The molecule has 4 fully saturated rings. The van der Waals surface area contributed by atoms with Gasteiger partial charge in [-0.3, -0.25) is 9.78 Å². The summed E-state index contributed by atoms with van der Waals surface area (Å²) in [6.07, 6.45) is 8.39. The zero-order chi connectivity index (χ0) is 13.8. The molecule has 0 aromatic carbocycles. The molecule has 0 aliphatic heterocycles. The highest BCUT2D eigenvalue weighted by Crippen LogP contribution is 2.56. The van der Waals surface area contributed by atoms with Gasteiger partial charge in [0.1, 0.15) is 5.69 Å². The second-order valence-corrected chi connectivity index (χ2v) is 7.27. The zero-order valence-electron chi connectivity index (χ0n) is 11.6. The van der Waals surface area contributed by atoms with E-state index in [0.717, 1.165) is 32.1 Å². The van der Waals surface area contributed by atoms with E-state index in [0.29, 0.717) is 17.5 Å². The molecule has 4 bridgehead atoms. The van der Waals surface area contributed by atoms with Crippen LogP contribution in [0.15, 0.2) is 24.4 Å². The maximum Gasteiger partial charge on any atom is 0.270 e. The highest BCUT2D eigenvalue weighted by Gasteiger charge is 2.56. The van der Waals surface area contributed by atoms with Gasteiger partial charge < -0.3 is 11.1 Å². The number of carbonyl (C=O) groups excluding carboxylic acids is 1. The highest BCUT2D eigenvalue weighted by molar-refractivity contribution is 5.92. The molecule has 0 saturated heterocycles. The Kier molecular flexibility index (Phi) is 2.49. The molecular weight excluding hydrogens is 250 g/mol. The fraction of sp³-hybridized carbons (Fsp3) is 0.625. The third kappa shape index (κ3) is 1.94. The van der Waals surface area contributed by atoms with Crippen molar-refractivity contribution in [2.45, 2.75) is 49.6 Å². The Balaban J connectivity index is 1.58. The van der Waals surface area contributed by atoms with E-state index in [4.69, 9.17) is 5.73 Å². The molecule has 1 aromatic heterocycles. The number of pyridine rings is 1. The number of nitrogens with zero attached hydrogens (tertiary/aromatic N) is 1. The van der Waals surface area contributed by atoms with Gasteiger partial charge in [0.2, 0.25) is 0 Å². The average molecular weight is 271 g/mol. The van der Waals surface area contributed by atoms with E-state index in [9.17, 15) is 4.79 Å². The first kappa shape index (κ1) is 12.3. The molecule has 20 heavy (non-hydrogen) atoms. The van der Waals surface area contributed by atoms with Gasteiger partial charge in [-0.1, -0.05) is 6.07 Å². The Hall–Kier alpha value is -1.42. The molecule has 1 aromatic rings. The summed E-state index contributed by atoms with van der Waals surface area (Å²) in [6, 6.07) is 5.45. The molecule has 0 radical (unpaired) electrons. The zero-order valence-corrected chi connectivity index (χ0v) is 11.6. The average Bonchev–Trinajstić information content (AvgIpc) is 2.36. The molecule has 5 rings (SSSR count). The Bertz CT molecular complexity index is 528. The summed E-state index contributed by atoms with van der Waals surface area (Å²) in [5, 5.41) is 3.28. The van der Waals surface area contributed by atoms with Gasteiger partial charge in [-0.05, 0) is 62.5 Å². The summed E-state index contributed by atoms with van der Waals surface area (Å²) in [6.45, 7) is 0. The van der Waals surface area contributed by atoms with Crippen LogP contribution in [0.2, 0.25) is 0 Å². The topological polar surface area (TPSA) is 68.0 Å². The fourth-order valence-corrected chi connectivity index (χ4v) is 5.28. The Morgan fingerprint density at radius 1 is 1.25 bits per heavy atom. The van der Waals surface area contributed by atoms with E-state index < -0.39 is 0 Å². The Labute approximate surface area is 119 Å². The predicted octanol–water partition coefficient (Wildman–Crippen LogP) is 1.86. The molecule has 1 heterocycles. The molecule has 3 N–H and O–H groups in total. The van der Waals surface area contributed by atoms with Crippen molar-refractivity contribution in [3.63, 3.8) is 0 Å².